The van der Waals surface area contributed by atoms with Gasteiger partial charge in [-0.15, -0.1) is 11.8 Å². The van der Waals surface area contributed by atoms with E-state index in [1.54, 1.807) is 41.1 Å². The monoisotopic (exact) mass is 386 g/mol. The molecule has 0 N–H and O–H groups in total. The fraction of sp³-hybridized carbons (Fsp3) is 0.529. The Morgan fingerprint density at radius 1 is 1.24 bits per heavy atom. The highest BCUT2D eigenvalue weighted by atomic mass is 35.5. The summed E-state index contributed by atoms with van der Waals surface area (Å²) in [6, 6.07) is 7.09. The highest BCUT2D eigenvalue weighted by molar-refractivity contribution is 8.00. The number of thioether (sulfide) groups is 1. The lowest BCUT2D eigenvalue weighted by atomic mass is 10.3. The summed E-state index contributed by atoms with van der Waals surface area (Å²) in [5, 5.41) is 0.656. The molecule has 25 heavy (non-hydrogen) atoms. The van der Waals surface area contributed by atoms with Crippen molar-refractivity contribution in [3.05, 3.63) is 29.3 Å². The maximum absolute atomic E-state index is 12.1. The first-order valence-corrected chi connectivity index (χ1v) is 9.65. The van der Waals surface area contributed by atoms with Gasteiger partial charge < -0.3 is 19.3 Å². The van der Waals surface area contributed by atoms with Gasteiger partial charge in [-0.2, -0.15) is 0 Å². The molecule has 0 bridgehead atoms. The van der Waals surface area contributed by atoms with Crippen molar-refractivity contribution in [3.8, 4) is 5.75 Å². The minimum atomic E-state index is -0.0144. The van der Waals surface area contributed by atoms with Gasteiger partial charge in [-0.1, -0.05) is 11.6 Å². The van der Waals surface area contributed by atoms with Crippen LogP contribution < -0.4 is 4.74 Å². The number of carbonyl (C=O) groups excluding carboxylic acids is 2. The van der Waals surface area contributed by atoms with Crippen molar-refractivity contribution in [1.29, 1.82) is 0 Å². The second kappa shape index (κ2) is 10.5. The molecule has 1 aliphatic heterocycles. The highest BCUT2D eigenvalue weighted by Crippen LogP contribution is 2.15. The first-order chi connectivity index (χ1) is 12.1. The fourth-order valence-corrected chi connectivity index (χ4v) is 3.18. The third kappa shape index (κ3) is 7.13. The van der Waals surface area contributed by atoms with Gasteiger partial charge in [-0.3, -0.25) is 9.59 Å². The van der Waals surface area contributed by atoms with Crippen LogP contribution in [0.4, 0.5) is 0 Å². The van der Waals surface area contributed by atoms with Gasteiger partial charge in [0, 0.05) is 25.2 Å². The molecule has 1 aromatic carbocycles. The van der Waals surface area contributed by atoms with E-state index in [2.05, 4.69) is 0 Å². The van der Waals surface area contributed by atoms with E-state index < -0.39 is 0 Å². The highest BCUT2D eigenvalue weighted by Gasteiger charge is 2.17. The van der Waals surface area contributed by atoms with Crippen molar-refractivity contribution in [1.82, 2.24) is 9.80 Å². The Kier molecular flexibility index (Phi) is 8.37. The summed E-state index contributed by atoms with van der Waals surface area (Å²) in [6.45, 7) is 3.34. The predicted octanol–water partition coefficient (Wildman–Crippen LogP) is 1.77. The van der Waals surface area contributed by atoms with Gasteiger partial charge in [0.05, 0.1) is 31.3 Å². The summed E-state index contributed by atoms with van der Waals surface area (Å²) in [4.78, 5) is 27.5. The topological polar surface area (TPSA) is 59.1 Å². The SMILES string of the molecule is CN(CCOc1ccc(Cl)cc1)C(=O)CSCC(=O)N1CCOCC1. The first kappa shape index (κ1) is 19.9. The Labute approximate surface area is 157 Å². The third-order valence-electron chi connectivity index (χ3n) is 3.75. The minimum Gasteiger partial charge on any atom is -0.492 e. The molecule has 1 saturated heterocycles. The van der Waals surface area contributed by atoms with Crippen LogP contribution in [0.5, 0.6) is 5.75 Å². The van der Waals surface area contributed by atoms with Gasteiger partial charge >= 0.3 is 0 Å². The maximum atomic E-state index is 12.1. The van der Waals surface area contributed by atoms with Gasteiger partial charge in [-0.05, 0) is 24.3 Å². The lowest BCUT2D eigenvalue weighted by molar-refractivity contribution is -0.132. The van der Waals surface area contributed by atoms with Gasteiger partial charge in [0.1, 0.15) is 12.4 Å². The van der Waals surface area contributed by atoms with Crippen molar-refractivity contribution >= 4 is 35.2 Å². The van der Waals surface area contributed by atoms with E-state index in [1.807, 2.05) is 0 Å². The van der Waals surface area contributed by atoms with E-state index >= 15 is 0 Å². The molecule has 1 aliphatic rings. The summed E-state index contributed by atoms with van der Waals surface area (Å²) in [5.74, 6) is 1.37. The molecule has 0 aliphatic carbocycles. The summed E-state index contributed by atoms with van der Waals surface area (Å²) in [6.07, 6.45) is 0. The standard InChI is InChI=1S/C17H23ClN2O4S/c1-19(6-11-24-15-4-2-14(18)3-5-15)16(21)12-25-13-17(22)20-7-9-23-10-8-20/h2-5H,6-13H2,1H3. The van der Waals surface area contributed by atoms with Gasteiger partial charge in [-0.25, -0.2) is 0 Å². The molecule has 0 unspecified atom stereocenters. The van der Waals surface area contributed by atoms with Crippen LogP contribution >= 0.6 is 23.4 Å². The summed E-state index contributed by atoms with van der Waals surface area (Å²) < 4.78 is 10.8. The molecule has 1 heterocycles. The number of rotatable bonds is 8. The Balaban J connectivity index is 1.59. The number of morpholine rings is 1. The van der Waals surface area contributed by atoms with Crippen LogP contribution in [0.3, 0.4) is 0 Å². The molecule has 8 heteroatoms. The van der Waals surface area contributed by atoms with Crippen molar-refractivity contribution in [3.63, 3.8) is 0 Å². The molecule has 0 aromatic heterocycles. The minimum absolute atomic E-state index is 0.0144. The van der Waals surface area contributed by atoms with Crippen molar-refractivity contribution < 1.29 is 19.1 Å². The van der Waals surface area contributed by atoms with Gasteiger partial charge in [0.15, 0.2) is 0 Å². The van der Waals surface area contributed by atoms with Gasteiger partial charge in [0.25, 0.3) is 0 Å². The Morgan fingerprint density at radius 2 is 1.92 bits per heavy atom. The second-order valence-corrected chi connectivity index (χ2v) is 7.03. The molecule has 2 rings (SSSR count). The average molecular weight is 387 g/mol. The summed E-state index contributed by atoms with van der Waals surface area (Å²) >= 11 is 7.16. The molecule has 0 saturated carbocycles. The maximum Gasteiger partial charge on any atom is 0.232 e. The Morgan fingerprint density at radius 3 is 2.60 bits per heavy atom. The number of benzene rings is 1. The number of ether oxygens (including phenoxy) is 2. The molecule has 2 amide bonds. The number of hydrogen-bond acceptors (Lipinski definition) is 5. The zero-order valence-electron chi connectivity index (χ0n) is 14.3. The fourth-order valence-electron chi connectivity index (χ4n) is 2.20. The van der Waals surface area contributed by atoms with E-state index in [0.717, 1.165) is 5.75 Å². The number of hydrogen-bond donors (Lipinski definition) is 0. The average Bonchev–Trinajstić information content (AvgIpc) is 2.63. The second-order valence-electron chi connectivity index (χ2n) is 5.60. The first-order valence-electron chi connectivity index (χ1n) is 8.12. The van der Waals surface area contributed by atoms with E-state index in [9.17, 15) is 9.59 Å². The van der Waals surface area contributed by atoms with Crippen LogP contribution in [0, 0.1) is 0 Å². The van der Waals surface area contributed by atoms with Crippen molar-refractivity contribution in [2.45, 2.75) is 0 Å². The van der Waals surface area contributed by atoms with E-state index in [4.69, 9.17) is 21.1 Å². The van der Waals surface area contributed by atoms with Crippen LogP contribution in [-0.4, -0.2) is 79.6 Å². The molecule has 0 spiro atoms. The summed E-state index contributed by atoms with van der Waals surface area (Å²) in [7, 11) is 1.73. The molecule has 1 aromatic rings. The predicted molar refractivity (Wildman–Crippen MR) is 99.3 cm³/mol. The zero-order valence-corrected chi connectivity index (χ0v) is 15.9. The molecule has 0 atom stereocenters. The smallest absolute Gasteiger partial charge is 0.232 e. The lowest BCUT2D eigenvalue weighted by Gasteiger charge is -2.26. The third-order valence-corrected chi connectivity index (χ3v) is 4.90. The zero-order chi connectivity index (χ0) is 18.1. The van der Waals surface area contributed by atoms with E-state index in [0.29, 0.717) is 50.2 Å². The van der Waals surface area contributed by atoms with Crippen LogP contribution in [-0.2, 0) is 14.3 Å². The number of carbonyl (C=O) groups is 2. The lowest BCUT2D eigenvalue weighted by Crippen LogP contribution is -2.41. The Hall–Kier alpha value is -1.44. The van der Waals surface area contributed by atoms with Crippen molar-refractivity contribution in [2.24, 2.45) is 0 Å². The van der Waals surface area contributed by atoms with Gasteiger partial charge in [0.2, 0.25) is 11.8 Å². The van der Waals surface area contributed by atoms with Crippen molar-refractivity contribution in [2.75, 3.05) is 58.0 Å². The molecule has 138 valence electrons. The van der Waals surface area contributed by atoms with E-state index in [-0.39, 0.29) is 17.6 Å². The molecule has 6 nitrogen and oxygen atoms in total. The molecular formula is C17H23ClN2O4S. The number of likely N-dealkylation sites (N-methyl/N-ethyl adjacent to an activating group) is 1. The molecular weight excluding hydrogens is 364 g/mol. The summed E-state index contributed by atoms with van der Waals surface area (Å²) in [5.41, 5.74) is 0. The number of nitrogens with zero attached hydrogens (tertiary/aromatic N) is 2. The molecule has 0 radical (unpaired) electrons. The number of halogens is 1. The largest absolute Gasteiger partial charge is 0.492 e. The number of amides is 2. The van der Waals surface area contributed by atoms with Crippen LogP contribution in [0.25, 0.3) is 0 Å². The molecule has 1 fully saturated rings. The normalized spacial score (nSPS) is 14.2. The Bertz CT molecular complexity index is 564. The quantitative estimate of drug-likeness (QED) is 0.681. The van der Waals surface area contributed by atoms with E-state index in [1.165, 1.54) is 11.8 Å². The van der Waals surface area contributed by atoms with Crippen LogP contribution in [0.15, 0.2) is 24.3 Å². The van der Waals surface area contributed by atoms with Crippen LogP contribution in [0.2, 0.25) is 5.02 Å². The van der Waals surface area contributed by atoms with Crippen LogP contribution in [0.1, 0.15) is 0 Å².